The summed E-state index contributed by atoms with van der Waals surface area (Å²) in [5, 5.41) is 17.3. The molecule has 3 heterocycles. The number of aromatic amines is 3. The fourth-order valence-electron chi connectivity index (χ4n) is 2.96. The van der Waals surface area contributed by atoms with Gasteiger partial charge >= 0.3 is 5.69 Å². The van der Waals surface area contributed by atoms with Gasteiger partial charge in [-0.15, -0.1) is 0 Å². The van der Waals surface area contributed by atoms with Crippen molar-refractivity contribution in [3.05, 3.63) is 50.1 Å². The lowest BCUT2D eigenvalue weighted by Gasteiger charge is -2.14. The fraction of sp³-hybridized carbons (Fsp3) is 0.500. The monoisotopic (exact) mass is 305 g/mol. The van der Waals surface area contributed by atoms with Crippen LogP contribution in [0.3, 0.4) is 0 Å². The lowest BCUT2D eigenvalue weighted by molar-refractivity contribution is 0.140. The second-order valence-corrected chi connectivity index (χ2v) is 5.88. The highest BCUT2D eigenvalue weighted by Gasteiger charge is 2.31. The van der Waals surface area contributed by atoms with E-state index in [1.54, 1.807) is 0 Å². The predicted octanol–water partition coefficient (Wildman–Crippen LogP) is -0.870. The van der Waals surface area contributed by atoms with Crippen LogP contribution in [0.5, 0.6) is 0 Å². The Morgan fingerprint density at radius 1 is 1.32 bits per heavy atom. The minimum atomic E-state index is -0.509. The van der Waals surface area contributed by atoms with Gasteiger partial charge in [0.25, 0.3) is 5.56 Å². The average Bonchev–Trinajstić information content (AvgIpc) is 2.95. The van der Waals surface area contributed by atoms with Gasteiger partial charge in [-0.2, -0.15) is 5.10 Å². The lowest BCUT2D eigenvalue weighted by atomic mass is 10.0. The van der Waals surface area contributed by atoms with Crippen LogP contribution in [0, 0.1) is 12.8 Å². The standard InChI is InChI=1S/C14H19N5O3/c1-8-2-10(18-17-8)3-9-5-19(7-12(9)20)6-11-4-13(21)16-14(22)15-11/h2,4,9,12,20H,3,5-7H2,1H3,(H,17,18)(H2,15,16,21,22)/t9-,12-/m1/s1. The van der Waals surface area contributed by atoms with Crippen LogP contribution >= 0.6 is 0 Å². The van der Waals surface area contributed by atoms with E-state index in [4.69, 9.17) is 0 Å². The molecule has 0 saturated carbocycles. The maximum Gasteiger partial charge on any atom is 0.325 e. The minimum Gasteiger partial charge on any atom is -0.391 e. The number of nitrogens with zero attached hydrogens (tertiary/aromatic N) is 2. The third kappa shape index (κ3) is 3.34. The van der Waals surface area contributed by atoms with E-state index in [2.05, 4.69) is 20.2 Å². The number of likely N-dealkylation sites (tertiary alicyclic amines) is 1. The van der Waals surface area contributed by atoms with Crippen LogP contribution in [0.15, 0.2) is 21.7 Å². The lowest BCUT2D eigenvalue weighted by Crippen LogP contribution is -2.28. The number of hydrogen-bond donors (Lipinski definition) is 4. The van der Waals surface area contributed by atoms with Crippen molar-refractivity contribution < 1.29 is 5.11 Å². The van der Waals surface area contributed by atoms with Gasteiger partial charge in [-0.25, -0.2) is 4.79 Å². The number of aryl methyl sites for hydroxylation is 1. The molecule has 0 aliphatic carbocycles. The van der Waals surface area contributed by atoms with Crippen molar-refractivity contribution in [2.45, 2.75) is 26.0 Å². The van der Waals surface area contributed by atoms with Gasteiger partial charge < -0.3 is 10.1 Å². The third-order valence-electron chi connectivity index (χ3n) is 3.92. The molecule has 0 amide bonds. The number of nitrogens with one attached hydrogen (secondary N) is 3. The van der Waals surface area contributed by atoms with E-state index in [0.29, 0.717) is 31.7 Å². The van der Waals surface area contributed by atoms with Gasteiger partial charge in [0, 0.05) is 43.0 Å². The summed E-state index contributed by atoms with van der Waals surface area (Å²) in [7, 11) is 0. The summed E-state index contributed by atoms with van der Waals surface area (Å²) in [6.45, 7) is 3.59. The van der Waals surface area contributed by atoms with Crippen LogP contribution in [-0.2, 0) is 13.0 Å². The number of rotatable bonds is 4. The van der Waals surface area contributed by atoms with E-state index in [1.807, 2.05) is 17.9 Å². The SMILES string of the molecule is Cc1cc(C[C@@H]2CN(Cc3cc(=O)[nH]c(=O)[nH]3)C[C@H]2O)n[nH]1. The molecule has 0 bridgehead atoms. The van der Waals surface area contributed by atoms with Gasteiger partial charge in [0.1, 0.15) is 0 Å². The molecular weight excluding hydrogens is 286 g/mol. The second kappa shape index (κ2) is 5.90. The van der Waals surface area contributed by atoms with Gasteiger partial charge in [0.2, 0.25) is 0 Å². The van der Waals surface area contributed by atoms with E-state index in [-0.39, 0.29) is 5.92 Å². The van der Waals surface area contributed by atoms with Gasteiger partial charge in [0.05, 0.1) is 11.8 Å². The molecule has 1 aliphatic rings. The predicted molar refractivity (Wildman–Crippen MR) is 79.5 cm³/mol. The number of aliphatic hydroxyl groups is 1. The zero-order chi connectivity index (χ0) is 15.7. The highest BCUT2D eigenvalue weighted by atomic mass is 16.3. The van der Waals surface area contributed by atoms with E-state index in [1.165, 1.54) is 6.07 Å². The molecule has 0 spiro atoms. The van der Waals surface area contributed by atoms with Gasteiger partial charge in [0.15, 0.2) is 0 Å². The third-order valence-corrected chi connectivity index (χ3v) is 3.92. The Morgan fingerprint density at radius 2 is 2.14 bits per heavy atom. The van der Waals surface area contributed by atoms with Crippen LogP contribution in [0.1, 0.15) is 17.1 Å². The molecular formula is C14H19N5O3. The van der Waals surface area contributed by atoms with Gasteiger partial charge in [-0.05, 0) is 19.4 Å². The highest BCUT2D eigenvalue weighted by molar-refractivity contribution is 5.09. The van der Waals surface area contributed by atoms with Crippen LogP contribution in [-0.4, -0.2) is 49.4 Å². The second-order valence-electron chi connectivity index (χ2n) is 5.88. The van der Waals surface area contributed by atoms with E-state index < -0.39 is 17.4 Å². The number of aliphatic hydroxyl groups excluding tert-OH is 1. The summed E-state index contributed by atoms with van der Waals surface area (Å²) in [5.41, 5.74) is 1.57. The van der Waals surface area contributed by atoms with Crippen molar-refractivity contribution in [2.24, 2.45) is 5.92 Å². The van der Waals surface area contributed by atoms with Gasteiger partial charge in [-0.1, -0.05) is 0 Å². The molecule has 1 fully saturated rings. The van der Waals surface area contributed by atoms with E-state index in [0.717, 1.165) is 11.4 Å². The zero-order valence-electron chi connectivity index (χ0n) is 12.3. The maximum atomic E-state index is 11.3. The van der Waals surface area contributed by atoms with Crippen LogP contribution < -0.4 is 11.2 Å². The van der Waals surface area contributed by atoms with Crippen molar-refractivity contribution in [3.63, 3.8) is 0 Å². The Balaban J connectivity index is 1.65. The smallest absolute Gasteiger partial charge is 0.325 e. The van der Waals surface area contributed by atoms with Gasteiger partial charge in [-0.3, -0.25) is 19.8 Å². The quantitative estimate of drug-likeness (QED) is 0.586. The molecule has 2 aromatic heterocycles. The molecule has 0 unspecified atom stereocenters. The zero-order valence-corrected chi connectivity index (χ0v) is 12.3. The summed E-state index contributed by atoms with van der Waals surface area (Å²) < 4.78 is 0. The first-order valence-electron chi connectivity index (χ1n) is 7.23. The van der Waals surface area contributed by atoms with Crippen molar-refractivity contribution in [1.82, 2.24) is 25.1 Å². The first-order chi connectivity index (χ1) is 10.5. The molecule has 118 valence electrons. The summed E-state index contributed by atoms with van der Waals surface area (Å²) in [6, 6.07) is 3.35. The molecule has 3 rings (SSSR count). The minimum absolute atomic E-state index is 0.0939. The first kappa shape index (κ1) is 14.7. The van der Waals surface area contributed by atoms with Crippen molar-refractivity contribution in [3.8, 4) is 0 Å². The number of hydrogen-bond acceptors (Lipinski definition) is 5. The molecule has 22 heavy (non-hydrogen) atoms. The fourth-order valence-corrected chi connectivity index (χ4v) is 2.96. The maximum absolute atomic E-state index is 11.3. The van der Waals surface area contributed by atoms with Crippen molar-refractivity contribution in [2.75, 3.05) is 13.1 Å². The molecule has 0 radical (unpaired) electrons. The van der Waals surface area contributed by atoms with Crippen LogP contribution in [0.2, 0.25) is 0 Å². The first-order valence-corrected chi connectivity index (χ1v) is 7.23. The summed E-state index contributed by atoms with van der Waals surface area (Å²) >= 11 is 0. The average molecular weight is 305 g/mol. The molecule has 1 saturated heterocycles. The summed E-state index contributed by atoms with van der Waals surface area (Å²) in [5.74, 6) is 0.0939. The largest absolute Gasteiger partial charge is 0.391 e. The Bertz CT molecular complexity index is 734. The molecule has 2 aromatic rings. The topological polar surface area (TPSA) is 118 Å². The molecule has 1 aliphatic heterocycles. The molecule has 8 heteroatoms. The summed E-state index contributed by atoms with van der Waals surface area (Å²) in [6.07, 6.45) is 0.263. The Labute approximate surface area is 126 Å². The molecule has 2 atom stereocenters. The summed E-state index contributed by atoms with van der Waals surface area (Å²) in [4.78, 5) is 29.3. The number of H-pyrrole nitrogens is 3. The Morgan fingerprint density at radius 3 is 2.82 bits per heavy atom. The normalized spacial score (nSPS) is 22.3. The van der Waals surface area contributed by atoms with Crippen LogP contribution in [0.25, 0.3) is 0 Å². The van der Waals surface area contributed by atoms with Crippen molar-refractivity contribution in [1.29, 1.82) is 0 Å². The Kier molecular flexibility index (Phi) is 3.95. The van der Waals surface area contributed by atoms with Crippen LogP contribution in [0.4, 0.5) is 0 Å². The number of aromatic nitrogens is 4. The van der Waals surface area contributed by atoms with E-state index >= 15 is 0 Å². The Hall–Kier alpha value is -2.19. The highest BCUT2D eigenvalue weighted by Crippen LogP contribution is 2.22. The number of β-amino-alcohol motifs (C(OH)–C–C–N with tert-alkyl or cyclic N) is 1. The van der Waals surface area contributed by atoms with Crippen molar-refractivity contribution >= 4 is 0 Å². The molecule has 0 aromatic carbocycles. The molecule has 4 N–H and O–H groups in total. The molecule has 8 nitrogen and oxygen atoms in total. The van der Waals surface area contributed by atoms with E-state index in [9.17, 15) is 14.7 Å².